The maximum absolute atomic E-state index is 13.0. The van der Waals surface area contributed by atoms with Crippen LogP contribution in [0.15, 0.2) is 41.3 Å². The molecule has 0 saturated carbocycles. The number of carboxylic acids is 1. The Hall–Kier alpha value is -2.09. The standard InChI is InChI=1S/C18H16Cl2O6S/c1-2-3-8-26-14-9-12(18(22)23)10-15(27(20,24)25)16(14)17(21)11-4-6-13(19)7-5-11/h4-7,9-10H,2-3,8H2,1H3,(H,22,23). The highest BCUT2D eigenvalue weighted by Gasteiger charge is 2.28. The van der Waals surface area contributed by atoms with Crippen molar-refractivity contribution in [3.05, 3.63) is 58.1 Å². The third-order valence-corrected chi connectivity index (χ3v) is 5.26. The highest BCUT2D eigenvalue weighted by atomic mass is 35.7. The van der Waals surface area contributed by atoms with Crippen LogP contribution in [0.5, 0.6) is 5.75 Å². The van der Waals surface area contributed by atoms with Gasteiger partial charge in [0.2, 0.25) is 0 Å². The van der Waals surface area contributed by atoms with Gasteiger partial charge in [-0.2, -0.15) is 0 Å². The second-order valence-corrected chi connectivity index (χ2v) is 8.60. The van der Waals surface area contributed by atoms with E-state index in [0.717, 1.165) is 18.6 Å². The van der Waals surface area contributed by atoms with Gasteiger partial charge in [-0.15, -0.1) is 0 Å². The number of carboxylic acid groups (broad SMARTS) is 1. The minimum atomic E-state index is -4.42. The van der Waals surface area contributed by atoms with Gasteiger partial charge in [-0.3, -0.25) is 4.79 Å². The van der Waals surface area contributed by atoms with E-state index in [1.807, 2.05) is 6.92 Å². The first-order valence-electron chi connectivity index (χ1n) is 7.94. The minimum absolute atomic E-state index is 0.150. The van der Waals surface area contributed by atoms with Crippen molar-refractivity contribution in [1.29, 1.82) is 0 Å². The number of hydrogen-bond donors (Lipinski definition) is 1. The summed E-state index contributed by atoms with van der Waals surface area (Å²) in [5.74, 6) is -2.20. The summed E-state index contributed by atoms with van der Waals surface area (Å²) in [6.45, 7) is 2.10. The molecule has 9 heteroatoms. The maximum atomic E-state index is 13.0. The van der Waals surface area contributed by atoms with E-state index in [2.05, 4.69) is 0 Å². The summed E-state index contributed by atoms with van der Waals surface area (Å²) in [6.07, 6.45) is 1.43. The summed E-state index contributed by atoms with van der Waals surface area (Å²) >= 11 is 5.82. The molecule has 2 aromatic carbocycles. The molecule has 0 amide bonds. The first-order valence-corrected chi connectivity index (χ1v) is 10.6. The summed E-state index contributed by atoms with van der Waals surface area (Å²) in [5.41, 5.74) is -0.508. The lowest BCUT2D eigenvalue weighted by Gasteiger charge is -2.15. The van der Waals surface area contributed by atoms with Crippen molar-refractivity contribution in [3.8, 4) is 5.75 Å². The Morgan fingerprint density at radius 3 is 2.26 bits per heavy atom. The van der Waals surface area contributed by atoms with E-state index in [9.17, 15) is 23.1 Å². The lowest BCUT2D eigenvalue weighted by molar-refractivity contribution is 0.0695. The normalized spacial score (nSPS) is 11.2. The first-order chi connectivity index (χ1) is 12.6. The van der Waals surface area contributed by atoms with E-state index in [4.69, 9.17) is 27.0 Å². The fraction of sp³-hybridized carbons (Fsp3) is 0.222. The van der Waals surface area contributed by atoms with Gasteiger partial charge in [-0.05, 0) is 42.8 Å². The molecule has 1 N–H and O–H groups in total. The van der Waals surface area contributed by atoms with Crippen molar-refractivity contribution in [2.24, 2.45) is 0 Å². The van der Waals surface area contributed by atoms with Crippen LogP contribution in [0.2, 0.25) is 5.02 Å². The van der Waals surface area contributed by atoms with Crippen LogP contribution in [0.3, 0.4) is 0 Å². The van der Waals surface area contributed by atoms with Crippen LogP contribution in [0, 0.1) is 0 Å². The lowest BCUT2D eigenvalue weighted by atomic mass is 10.0. The molecule has 0 radical (unpaired) electrons. The highest BCUT2D eigenvalue weighted by Crippen LogP contribution is 2.33. The number of ether oxygens (including phenoxy) is 1. The van der Waals surface area contributed by atoms with Crippen LogP contribution in [0.1, 0.15) is 46.0 Å². The van der Waals surface area contributed by atoms with Crippen molar-refractivity contribution in [1.82, 2.24) is 0 Å². The quantitative estimate of drug-likeness (QED) is 0.379. The molecule has 0 aromatic heterocycles. The maximum Gasteiger partial charge on any atom is 0.335 e. The summed E-state index contributed by atoms with van der Waals surface area (Å²) in [6, 6.07) is 7.78. The number of halogens is 2. The molecule has 0 bridgehead atoms. The van der Waals surface area contributed by atoms with E-state index in [-0.39, 0.29) is 29.0 Å². The highest BCUT2D eigenvalue weighted by molar-refractivity contribution is 8.13. The zero-order valence-corrected chi connectivity index (χ0v) is 16.6. The Bertz CT molecular complexity index is 968. The van der Waals surface area contributed by atoms with Crippen LogP contribution in [-0.2, 0) is 9.05 Å². The van der Waals surface area contributed by atoms with Crippen molar-refractivity contribution < 1.29 is 27.9 Å². The SMILES string of the molecule is CCCCOc1cc(C(=O)O)cc(S(=O)(=O)Cl)c1C(=O)c1ccc(Cl)cc1. The average Bonchev–Trinajstić information content (AvgIpc) is 2.60. The van der Waals surface area contributed by atoms with Gasteiger partial charge < -0.3 is 9.84 Å². The summed E-state index contributed by atoms with van der Waals surface area (Å²) in [4.78, 5) is 23.7. The number of benzene rings is 2. The molecule has 27 heavy (non-hydrogen) atoms. The number of carbonyl (C=O) groups excluding carboxylic acids is 1. The van der Waals surface area contributed by atoms with Gasteiger partial charge >= 0.3 is 5.97 Å². The largest absolute Gasteiger partial charge is 0.493 e. The Morgan fingerprint density at radius 2 is 1.74 bits per heavy atom. The van der Waals surface area contributed by atoms with Crippen LogP contribution in [0.4, 0.5) is 0 Å². The van der Waals surface area contributed by atoms with Gasteiger partial charge in [0.1, 0.15) is 5.75 Å². The molecule has 0 unspecified atom stereocenters. The molecule has 0 spiro atoms. The molecule has 144 valence electrons. The van der Waals surface area contributed by atoms with E-state index >= 15 is 0 Å². The van der Waals surface area contributed by atoms with Crippen molar-refractivity contribution in [2.45, 2.75) is 24.7 Å². The molecule has 0 atom stereocenters. The molecule has 0 heterocycles. The fourth-order valence-corrected chi connectivity index (χ4v) is 3.51. The second-order valence-electron chi connectivity index (χ2n) is 5.63. The second kappa shape index (κ2) is 8.73. The molecule has 0 aliphatic rings. The van der Waals surface area contributed by atoms with Gasteiger partial charge in [0.05, 0.1) is 22.6 Å². The number of aromatic carboxylic acids is 1. The molecule has 2 aromatic rings. The topological polar surface area (TPSA) is 97.7 Å². The predicted molar refractivity (Wildman–Crippen MR) is 102 cm³/mol. The van der Waals surface area contributed by atoms with Gasteiger partial charge in [0.25, 0.3) is 9.05 Å². The summed E-state index contributed by atoms with van der Waals surface area (Å²) in [7, 11) is 1.06. The van der Waals surface area contributed by atoms with Crippen LogP contribution < -0.4 is 4.74 Å². The smallest absolute Gasteiger partial charge is 0.335 e. The molecular weight excluding hydrogens is 415 g/mol. The molecular formula is C18H16Cl2O6S. The molecule has 0 saturated heterocycles. The van der Waals surface area contributed by atoms with Gasteiger partial charge in [0.15, 0.2) is 5.78 Å². The van der Waals surface area contributed by atoms with E-state index < -0.39 is 25.7 Å². The Kier molecular flexibility index (Phi) is 6.86. The third kappa shape index (κ3) is 5.22. The van der Waals surface area contributed by atoms with Crippen LogP contribution in [0.25, 0.3) is 0 Å². The van der Waals surface area contributed by atoms with E-state index in [0.29, 0.717) is 11.4 Å². The van der Waals surface area contributed by atoms with E-state index in [1.165, 1.54) is 24.3 Å². The molecule has 0 aliphatic heterocycles. The third-order valence-electron chi connectivity index (χ3n) is 3.66. The number of unbranched alkanes of at least 4 members (excludes halogenated alkanes) is 1. The fourth-order valence-electron chi connectivity index (χ4n) is 2.32. The van der Waals surface area contributed by atoms with E-state index in [1.54, 1.807) is 0 Å². The number of ketones is 1. The molecule has 0 aliphatic carbocycles. The van der Waals surface area contributed by atoms with Crippen LogP contribution >= 0.6 is 22.3 Å². The van der Waals surface area contributed by atoms with Gasteiger partial charge in [-0.25, -0.2) is 13.2 Å². The first kappa shape index (κ1) is 21.2. The minimum Gasteiger partial charge on any atom is -0.493 e. The monoisotopic (exact) mass is 430 g/mol. The number of rotatable bonds is 8. The zero-order valence-electron chi connectivity index (χ0n) is 14.2. The Morgan fingerprint density at radius 1 is 1.11 bits per heavy atom. The van der Waals surface area contributed by atoms with Crippen LogP contribution in [-0.4, -0.2) is 31.9 Å². The van der Waals surface area contributed by atoms with Crippen molar-refractivity contribution >= 4 is 43.1 Å². The molecule has 0 fully saturated rings. The van der Waals surface area contributed by atoms with Crippen molar-refractivity contribution in [2.75, 3.05) is 6.61 Å². The molecule has 6 nitrogen and oxygen atoms in total. The zero-order chi connectivity index (χ0) is 20.2. The molecule has 2 rings (SSSR count). The summed E-state index contributed by atoms with van der Waals surface area (Å²) < 4.78 is 29.6. The number of hydrogen-bond acceptors (Lipinski definition) is 5. The van der Waals surface area contributed by atoms with Crippen molar-refractivity contribution in [3.63, 3.8) is 0 Å². The predicted octanol–water partition coefficient (Wildman–Crippen LogP) is 4.38. The number of carbonyl (C=O) groups is 2. The van der Waals surface area contributed by atoms with Gasteiger partial charge in [-0.1, -0.05) is 24.9 Å². The lowest BCUT2D eigenvalue weighted by Crippen LogP contribution is -2.13. The summed E-state index contributed by atoms with van der Waals surface area (Å²) in [5, 5.41) is 9.66. The average molecular weight is 431 g/mol. The van der Waals surface area contributed by atoms with Gasteiger partial charge in [0, 0.05) is 21.3 Å². The Balaban J connectivity index is 2.71. The Labute approximate surface area is 166 Å².